The molecule has 1 aliphatic heterocycles. The van der Waals surface area contributed by atoms with Crippen molar-refractivity contribution in [1.29, 1.82) is 0 Å². The number of nitrogens with one attached hydrogen (secondary N) is 1. The number of imide groups is 1. The summed E-state index contributed by atoms with van der Waals surface area (Å²) in [6.07, 6.45) is 1.51. The van der Waals surface area contributed by atoms with Crippen molar-refractivity contribution in [3.8, 4) is 0 Å². The summed E-state index contributed by atoms with van der Waals surface area (Å²) in [5, 5.41) is 2.23. The molecule has 0 atom stereocenters. The van der Waals surface area contributed by atoms with E-state index in [9.17, 15) is 14.4 Å². The third kappa shape index (κ3) is 2.21. The first kappa shape index (κ1) is 13.2. The van der Waals surface area contributed by atoms with Gasteiger partial charge in [0.1, 0.15) is 17.8 Å². The number of amides is 3. The number of rotatable bonds is 1. The molecule has 0 unspecified atom stereocenters. The summed E-state index contributed by atoms with van der Waals surface area (Å²) in [5.41, 5.74) is -0.102. The lowest BCUT2D eigenvalue weighted by molar-refractivity contribution is -0.143. The maximum atomic E-state index is 12.5. The van der Waals surface area contributed by atoms with Crippen molar-refractivity contribution >= 4 is 17.7 Å². The largest absolute Gasteiger partial charge is 0.314 e. The number of pyridine rings is 1. The van der Waals surface area contributed by atoms with E-state index in [1.54, 1.807) is 32.9 Å². The summed E-state index contributed by atoms with van der Waals surface area (Å²) >= 11 is 0. The highest BCUT2D eigenvalue weighted by molar-refractivity contribution is 6.08. The Morgan fingerprint density at radius 3 is 2.74 bits per heavy atom. The first-order valence-electron chi connectivity index (χ1n) is 5.92. The second kappa shape index (κ2) is 4.46. The fourth-order valence-electron chi connectivity index (χ4n) is 1.95. The molecule has 3 amide bonds. The van der Waals surface area contributed by atoms with E-state index in [-0.39, 0.29) is 12.2 Å². The van der Waals surface area contributed by atoms with Gasteiger partial charge in [-0.3, -0.25) is 24.7 Å². The monoisotopic (exact) mass is 261 g/mol. The Kier molecular flexibility index (Phi) is 3.09. The highest BCUT2D eigenvalue weighted by Gasteiger charge is 2.44. The third-order valence-corrected chi connectivity index (χ3v) is 3.24. The van der Waals surface area contributed by atoms with E-state index in [1.807, 2.05) is 0 Å². The van der Waals surface area contributed by atoms with Crippen LogP contribution in [0.15, 0.2) is 18.3 Å². The van der Waals surface area contributed by atoms with Crippen molar-refractivity contribution in [2.45, 2.75) is 26.3 Å². The molecule has 1 saturated heterocycles. The molecule has 0 bridgehead atoms. The van der Waals surface area contributed by atoms with E-state index < -0.39 is 23.3 Å². The van der Waals surface area contributed by atoms with Gasteiger partial charge in [0, 0.05) is 6.20 Å². The summed E-state index contributed by atoms with van der Waals surface area (Å²) < 4.78 is 0. The molecular weight excluding hydrogens is 246 g/mol. The molecule has 6 heteroatoms. The lowest BCUT2D eigenvalue weighted by Gasteiger charge is -2.40. The van der Waals surface area contributed by atoms with Crippen molar-refractivity contribution < 1.29 is 14.4 Å². The van der Waals surface area contributed by atoms with Crippen molar-refractivity contribution in [3.63, 3.8) is 0 Å². The maximum absolute atomic E-state index is 12.5. The van der Waals surface area contributed by atoms with Gasteiger partial charge in [-0.05, 0) is 32.4 Å². The Morgan fingerprint density at radius 1 is 1.42 bits per heavy atom. The minimum absolute atomic E-state index is 0.145. The van der Waals surface area contributed by atoms with E-state index in [0.29, 0.717) is 5.56 Å². The van der Waals surface area contributed by atoms with Crippen LogP contribution in [0.2, 0.25) is 0 Å². The summed E-state index contributed by atoms with van der Waals surface area (Å²) in [7, 11) is 0. The fourth-order valence-corrected chi connectivity index (χ4v) is 1.95. The molecular formula is C13H15N3O3. The standard InChI is InChI=1S/C13H15N3O3/c1-8-5-4-6-14-10(8)11(18)16-7-9(17)15-12(19)13(16,2)3/h4-6H,7H2,1-3H3,(H,15,17,19). The van der Waals surface area contributed by atoms with Gasteiger partial charge in [-0.25, -0.2) is 0 Å². The van der Waals surface area contributed by atoms with Crippen LogP contribution in [0.1, 0.15) is 29.9 Å². The average Bonchev–Trinajstić information content (AvgIpc) is 2.34. The van der Waals surface area contributed by atoms with Gasteiger partial charge < -0.3 is 4.90 Å². The lowest BCUT2D eigenvalue weighted by Crippen LogP contribution is -2.65. The second-order valence-corrected chi connectivity index (χ2v) is 5.00. The molecule has 0 radical (unpaired) electrons. The number of carbonyl (C=O) groups excluding carboxylic acids is 3. The molecule has 1 N–H and O–H groups in total. The van der Waals surface area contributed by atoms with E-state index in [1.165, 1.54) is 11.1 Å². The van der Waals surface area contributed by atoms with Gasteiger partial charge in [0.05, 0.1) is 0 Å². The smallest absolute Gasteiger partial charge is 0.274 e. The minimum atomic E-state index is -1.07. The van der Waals surface area contributed by atoms with Crippen molar-refractivity contribution in [3.05, 3.63) is 29.6 Å². The first-order valence-corrected chi connectivity index (χ1v) is 5.92. The fraction of sp³-hybridized carbons (Fsp3) is 0.385. The molecule has 2 rings (SSSR count). The topological polar surface area (TPSA) is 79.4 Å². The highest BCUT2D eigenvalue weighted by atomic mass is 16.2. The maximum Gasteiger partial charge on any atom is 0.274 e. The zero-order valence-corrected chi connectivity index (χ0v) is 11.1. The molecule has 0 saturated carbocycles. The van der Waals surface area contributed by atoms with Crippen molar-refractivity contribution in [1.82, 2.24) is 15.2 Å². The predicted molar refractivity (Wildman–Crippen MR) is 67.2 cm³/mol. The van der Waals surface area contributed by atoms with Crippen LogP contribution >= 0.6 is 0 Å². The molecule has 2 heterocycles. The Morgan fingerprint density at radius 2 is 2.11 bits per heavy atom. The molecule has 0 aromatic carbocycles. The molecule has 1 fully saturated rings. The van der Waals surface area contributed by atoms with Crippen LogP contribution in [0.25, 0.3) is 0 Å². The van der Waals surface area contributed by atoms with Crippen molar-refractivity contribution in [2.24, 2.45) is 0 Å². The zero-order chi connectivity index (χ0) is 14.2. The Bertz CT molecular complexity index is 566. The van der Waals surface area contributed by atoms with Crippen LogP contribution in [-0.4, -0.2) is 39.7 Å². The predicted octanol–water partition coefficient (Wildman–Crippen LogP) is 0.267. The second-order valence-electron chi connectivity index (χ2n) is 5.00. The van der Waals surface area contributed by atoms with E-state index in [0.717, 1.165) is 0 Å². The van der Waals surface area contributed by atoms with Crippen LogP contribution < -0.4 is 5.32 Å². The minimum Gasteiger partial charge on any atom is -0.314 e. The average molecular weight is 261 g/mol. The quantitative estimate of drug-likeness (QED) is 0.736. The molecule has 1 aromatic heterocycles. The van der Waals surface area contributed by atoms with Gasteiger partial charge in [0.25, 0.3) is 11.8 Å². The van der Waals surface area contributed by atoms with Gasteiger partial charge in [0.2, 0.25) is 5.91 Å². The molecule has 1 aliphatic rings. The number of hydrogen-bond acceptors (Lipinski definition) is 4. The van der Waals surface area contributed by atoms with Gasteiger partial charge in [-0.15, -0.1) is 0 Å². The summed E-state index contributed by atoms with van der Waals surface area (Å²) in [5.74, 6) is -1.37. The summed E-state index contributed by atoms with van der Waals surface area (Å²) in [4.78, 5) is 41.0. The van der Waals surface area contributed by atoms with Crippen LogP contribution in [0.5, 0.6) is 0 Å². The van der Waals surface area contributed by atoms with E-state index >= 15 is 0 Å². The molecule has 1 aromatic rings. The van der Waals surface area contributed by atoms with Crippen LogP contribution in [0.3, 0.4) is 0 Å². The Labute approximate surface area is 110 Å². The van der Waals surface area contributed by atoms with Crippen LogP contribution in [-0.2, 0) is 9.59 Å². The lowest BCUT2D eigenvalue weighted by atomic mass is 9.97. The number of carbonyl (C=O) groups is 3. The Hall–Kier alpha value is -2.24. The molecule has 0 spiro atoms. The molecule has 6 nitrogen and oxygen atoms in total. The Balaban J connectivity index is 2.40. The van der Waals surface area contributed by atoms with E-state index in [4.69, 9.17) is 0 Å². The number of nitrogens with zero attached hydrogens (tertiary/aromatic N) is 2. The highest BCUT2D eigenvalue weighted by Crippen LogP contribution is 2.21. The summed E-state index contributed by atoms with van der Waals surface area (Å²) in [6.45, 7) is 4.82. The molecule has 100 valence electrons. The van der Waals surface area contributed by atoms with Gasteiger partial charge in [-0.2, -0.15) is 0 Å². The van der Waals surface area contributed by atoms with Gasteiger partial charge in [0.15, 0.2) is 0 Å². The van der Waals surface area contributed by atoms with Crippen molar-refractivity contribution in [2.75, 3.05) is 6.54 Å². The number of hydrogen-bond donors (Lipinski definition) is 1. The van der Waals surface area contributed by atoms with Gasteiger partial charge >= 0.3 is 0 Å². The summed E-state index contributed by atoms with van der Waals surface area (Å²) in [6, 6.07) is 3.49. The zero-order valence-electron chi connectivity index (χ0n) is 11.1. The first-order chi connectivity index (χ1) is 8.84. The SMILES string of the molecule is Cc1cccnc1C(=O)N1CC(=O)NC(=O)C1(C)C. The number of piperazine rings is 1. The van der Waals surface area contributed by atoms with Crippen LogP contribution in [0, 0.1) is 6.92 Å². The molecule has 0 aliphatic carbocycles. The van der Waals surface area contributed by atoms with E-state index in [2.05, 4.69) is 10.3 Å². The number of aromatic nitrogens is 1. The molecule has 19 heavy (non-hydrogen) atoms. The normalized spacial score (nSPS) is 18.2. The van der Waals surface area contributed by atoms with Crippen LogP contribution in [0.4, 0.5) is 0 Å². The number of aryl methyl sites for hydroxylation is 1. The third-order valence-electron chi connectivity index (χ3n) is 3.24. The van der Waals surface area contributed by atoms with Gasteiger partial charge in [-0.1, -0.05) is 6.07 Å².